The third-order valence-corrected chi connectivity index (χ3v) is 7.38. The molecular formula is C34H33NO6. The van der Waals surface area contributed by atoms with Crippen LogP contribution in [0.25, 0.3) is 11.1 Å². The number of amides is 2. The summed E-state index contributed by atoms with van der Waals surface area (Å²) in [5, 5.41) is 9.30. The molecule has 2 amide bonds. The molecule has 7 heteroatoms. The normalized spacial score (nSPS) is 15.5. The quantitative estimate of drug-likeness (QED) is 0.133. The molecule has 0 spiro atoms. The molecule has 210 valence electrons. The minimum absolute atomic E-state index is 0.0219. The Balaban J connectivity index is 1.53. The van der Waals surface area contributed by atoms with Crippen molar-refractivity contribution in [2.24, 2.45) is 5.92 Å². The molecular weight excluding hydrogens is 518 g/mol. The van der Waals surface area contributed by atoms with Crippen LogP contribution in [0.4, 0.5) is 4.79 Å². The Hall–Kier alpha value is -4.49. The minimum Gasteiger partial charge on any atom is -0.457 e. The predicted octanol–water partition coefficient (Wildman–Crippen LogP) is 6.33. The van der Waals surface area contributed by atoms with Gasteiger partial charge in [-0.15, -0.1) is 0 Å². The highest BCUT2D eigenvalue weighted by atomic mass is 16.6. The number of carbonyl (C=O) groups is 3. The highest BCUT2D eigenvalue weighted by molar-refractivity contribution is 6.12. The van der Waals surface area contributed by atoms with Gasteiger partial charge in [-0.05, 0) is 48.9 Å². The highest BCUT2D eigenvalue weighted by Crippen LogP contribution is 2.34. The average molecular weight is 552 g/mol. The number of carbonyl (C=O) groups excluding carboxylic acids is 3. The van der Waals surface area contributed by atoms with Crippen molar-refractivity contribution in [3.8, 4) is 11.1 Å². The van der Waals surface area contributed by atoms with E-state index in [1.165, 1.54) is 0 Å². The number of hydrogen-bond donors (Lipinski definition) is 1. The SMILES string of the molecule is Cc1cccc(-c2cc(C(=O)[C@H](Cc3ccccc3)C(=O)N3C(=O)OC[C@H]3c3ccccc3)oc2CCCCO)c1. The number of imide groups is 1. The molecule has 1 aliphatic rings. The van der Waals surface area contributed by atoms with Crippen LogP contribution >= 0.6 is 0 Å². The van der Waals surface area contributed by atoms with Crippen molar-refractivity contribution >= 4 is 17.8 Å². The van der Waals surface area contributed by atoms with Gasteiger partial charge in [-0.1, -0.05) is 90.5 Å². The molecule has 5 rings (SSSR count). The fraction of sp³-hybridized carbons (Fsp3) is 0.265. The van der Waals surface area contributed by atoms with E-state index in [1.807, 2.05) is 91.9 Å². The van der Waals surface area contributed by atoms with Crippen molar-refractivity contribution in [2.75, 3.05) is 13.2 Å². The van der Waals surface area contributed by atoms with Gasteiger partial charge in [-0.25, -0.2) is 9.69 Å². The van der Waals surface area contributed by atoms with Crippen LogP contribution in [0.3, 0.4) is 0 Å². The molecule has 1 N–H and O–H groups in total. The zero-order valence-corrected chi connectivity index (χ0v) is 23.0. The second-order valence-corrected chi connectivity index (χ2v) is 10.3. The number of rotatable bonds is 11. The van der Waals surface area contributed by atoms with Gasteiger partial charge in [-0.3, -0.25) is 9.59 Å². The van der Waals surface area contributed by atoms with E-state index in [0.717, 1.165) is 32.7 Å². The van der Waals surface area contributed by atoms with Crippen molar-refractivity contribution in [2.45, 2.75) is 38.6 Å². The van der Waals surface area contributed by atoms with Crippen molar-refractivity contribution < 1.29 is 28.6 Å². The lowest BCUT2D eigenvalue weighted by atomic mass is 9.91. The number of Topliss-reactive ketones (excluding diaryl/α,β-unsaturated/α-hetero) is 1. The Morgan fingerprint density at radius 3 is 2.39 bits per heavy atom. The standard InChI is InChI=1S/C34H33NO6/c1-23-11-10-16-26(19-23)27-21-31(41-30(27)17-8-9-18-36)32(37)28(20-24-12-4-2-5-13-24)33(38)35-29(22-40-34(35)39)25-14-6-3-7-15-25/h2-7,10-16,19,21,28-29,36H,8-9,17-18,20,22H2,1H3/t28-,29-/m0/s1. The van der Waals surface area contributed by atoms with Crippen molar-refractivity contribution in [1.82, 2.24) is 4.90 Å². The van der Waals surface area contributed by atoms with Gasteiger partial charge < -0.3 is 14.3 Å². The summed E-state index contributed by atoms with van der Waals surface area (Å²) in [6.07, 6.45) is 1.15. The summed E-state index contributed by atoms with van der Waals surface area (Å²) in [7, 11) is 0. The zero-order chi connectivity index (χ0) is 28.8. The minimum atomic E-state index is -1.20. The maximum Gasteiger partial charge on any atom is 0.417 e. The van der Waals surface area contributed by atoms with Crippen LogP contribution in [0.15, 0.2) is 95.4 Å². The molecule has 4 aromatic rings. The molecule has 0 radical (unpaired) electrons. The van der Waals surface area contributed by atoms with E-state index in [1.54, 1.807) is 6.07 Å². The van der Waals surface area contributed by atoms with Crippen LogP contribution in [-0.2, 0) is 22.4 Å². The monoisotopic (exact) mass is 551 g/mol. The number of aliphatic hydroxyl groups is 1. The first-order valence-corrected chi connectivity index (χ1v) is 13.9. The topological polar surface area (TPSA) is 97.1 Å². The highest BCUT2D eigenvalue weighted by Gasteiger charge is 2.44. The number of nitrogens with zero attached hydrogens (tertiary/aromatic N) is 1. The zero-order valence-electron chi connectivity index (χ0n) is 23.0. The lowest BCUT2D eigenvalue weighted by molar-refractivity contribution is -0.132. The van der Waals surface area contributed by atoms with E-state index in [2.05, 4.69) is 0 Å². The molecule has 1 saturated heterocycles. The fourth-order valence-corrected chi connectivity index (χ4v) is 5.26. The van der Waals surface area contributed by atoms with E-state index >= 15 is 0 Å². The smallest absolute Gasteiger partial charge is 0.417 e. The molecule has 0 saturated carbocycles. The molecule has 1 aromatic heterocycles. The maximum absolute atomic E-state index is 14.2. The second kappa shape index (κ2) is 12.8. The molecule has 7 nitrogen and oxygen atoms in total. The summed E-state index contributed by atoms with van der Waals surface area (Å²) in [6.45, 7) is 2.08. The number of ketones is 1. The first-order chi connectivity index (χ1) is 20.0. The van der Waals surface area contributed by atoms with Crippen LogP contribution in [0.5, 0.6) is 0 Å². The van der Waals surface area contributed by atoms with E-state index in [0.29, 0.717) is 25.0 Å². The lowest BCUT2D eigenvalue weighted by Gasteiger charge is -2.24. The fourth-order valence-electron chi connectivity index (χ4n) is 5.26. The van der Waals surface area contributed by atoms with Gasteiger partial charge >= 0.3 is 6.09 Å². The number of cyclic esters (lactones) is 1. The summed E-state index contributed by atoms with van der Waals surface area (Å²) in [5.74, 6) is -1.62. The summed E-state index contributed by atoms with van der Waals surface area (Å²) < 4.78 is 11.5. The number of unbranched alkanes of at least 4 members (excludes halogenated alkanes) is 1. The molecule has 0 aliphatic carbocycles. The Labute approximate surface area is 239 Å². The Morgan fingerprint density at radius 2 is 1.68 bits per heavy atom. The largest absolute Gasteiger partial charge is 0.457 e. The maximum atomic E-state index is 14.2. The number of furan rings is 1. The first kappa shape index (κ1) is 28.1. The Bertz CT molecular complexity index is 1510. The Kier molecular flexibility index (Phi) is 8.75. The van der Waals surface area contributed by atoms with E-state index < -0.39 is 29.7 Å². The van der Waals surface area contributed by atoms with Crippen LogP contribution in [0, 0.1) is 12.8 Å². The van der Waals surface area contributed by atoms with Gasteiger partial charge in [-0.2, -0.15) is 0 Å². The van der Waals surface area contributed by atoms with E-state index in [9.17, 15) is 19.5 Å². The van der Waals surface area contributed by atoms with Crippen LogP contribution in [-0.4, -0.2) is 41.0 Å². The second-order valence-electron chi connectivity index (χ2n) is 10.3. The van der Waals surface area contributed by atoms with E-state index in [-0.39, 0.29) is 25.4 Å². The van der Waals surface area contributed by atoms with Gasteiger partial charge in [0.1, 0.15) is 24.3 Å². The molecule has 0 unspecified atom stereocenters. The van der Waals surface area contributed by atoms with Crippen molar-refractivity contribution in [3.05, 3.63) is 119 Å². The van der Waals surface area contributed by atoms with Crippen molar-refractivity contribution in [1.29, 1.82) is 0 Å². The number of benzene rings is 3. The molecule has 2 atom stereocenters. The molecule has 1 aliphatic heterocycles. The van der Waals surface area contributed by atoms with Crippen LogP contribution < -0.4 is 0 Å². The number of ether oxygens (including phenoxy) is 1. The number of aliphatic hydroxyl groups excluding tert-OH is 1. The summed E-state index contributed by atoms with van der Waals surface area (Å²) in [5.41, 5.74) is 4.29. The third-order valence-electron chi connectivity index (χ3n) is 7.38. The predicted molar refractivity (Wildman–Crippen MR) is 154 cm³/mol. The lowest BCUT2D eigenvalue weighted by Crippen LogP contribution is -2.42. The summed E-state index contributed by atoms with van der Waals surface area (Å²) in [6, 6.07) is 27.4. The Morgan fingerprint density at radius 1 is 0.951 bits per heavy atom. The van der Waals surface area contributed by atoms with E-state index in [4.69, 9.17) is 9.15 Å². The van der Waals surface area contributed by atoms with Gasteiger partial charge in [0.15, 0.2) is 5.76 Å². The summed E-state index contributed by atoms with van der Waals surface area (Å²) >= 11 is 0. The van der Waals surface area contributed by atoms with Gasteiger partial charge in [0, 0.05) is 18.6 Å². The average Bonchev–Trinajstić information content (AvgIpc) is 3.60. The molecule has 3 aromatic carbocycles. The molecule has 0 bridgehead atoms. The van der Waals surface area contributed by atoms with Gasteiger partial charge in [0.05, 0.1) is 0 Å². The molecule has 2 heterocycles. The number of hydrogen-bond acceptors (Lipinski definition) is 6. The third kappa shape index (κ3) is 6.31. The molecule has 1 fully saturated rings. The van der Waals surface area contributed by atoms with Crippen LogP contribution in [0.1, 0.15) is 51.9 Å². The molecule has 41 heavy (non-hydrogen) atoms. The van der Waals surface area contributed by atoms with Crippen LogP contribution in [0.2, 0.25) is 0 Å². The summed E-state index contributed by atoms with van der Waals surface area (Å²) in [4.78, 5) is 42.2. The van der Waals surface area contributed by atoms with Gasteiger partial charge in [0.2, 0.25) is 11.7 Å². The van der Waals surface area contributed by atoms with Crippen molar-refractivity contribution in [3.63, 3.8) is 0 Å². The number of aryl methyl sites for hydroxylation is 2. The first-order valence-electron chi connectivity index (χ1n) is 13.9. The van der Waals surface area contributed by atoms with Gasteiger partial charge in [0.25, 0.3) is 0 Å².